The van der Waals surface area contributed by atoms with Gasteiger partial charge >= 0.3 is 0 Å². The second kappa shape index (κ2) is 3.23. The lowest BCUT2D eigenvalue weighted by Crippen LogP contribution is -1.98. The fourth-order valence-corrected chi connectivity index (χ4v) is 1.93. The predicted octanol–water partition coefficient (Wildman–Crippen LogP) is 1.57. The maximum Gasteiger partial charge on any atom is 0.202 e. The molecule has 0 N–H and O–H groups in total. The summed E-state index contributed by atoms with van der Waals surface area (Å²) >= 11 is 3.38. The van der Waals surface area contributed by atoms with Crippen molar-refractivity contribution in [3.8, 4) is 0 Å². The number of benzene rings is 1. The molecule has 74 valence electrons. The van der Waals surface area contributed by atoms with E-state index in [0.29, 0.717) is 11.0 Å². The van der Waals surface area contributed by atoms with E-state index in [-0.39, 0.29) is 0 Å². The van der Waals surface area contributed by atoms with Crippen LogP contribution >= 0.6 is 15.9 Å². The second-order valence-electron chi connectivity index (χ2n) is 3.10. The minimum Gasteiger partial charge on any atom is -0.246 e. The van der Waals surface area contributed by atoms with Gasteiger partial charge in [-0.15, -0.1) is 5.10 Å². The van der Waals surface area contributed by atoms with Crippen LogP contribution in [0, 0.1) is 0 Å². The van der Waals surface area contributed by atoms with Crippen molar-refractivity contribution in [3.63, 3.8) is 0 Å². The average Bonchev–Trinajstić information content (AvgIpc) is 2.77. The van der Waals surface area contributed by atoms with Crippen LogP contribution in [0.15, 0.2) is 24.3 Å². The highest BCUT2D eigenvalue weighted by Crippen LogP contribution is 2.16. The topological polar surface area (TPSA) is 56.0 Å². The summed E-state index contributed by atoms with van der Waals surface area (Å²) in [6.45, 7) is 0. The molecule has 0 unspecified atom stereocenters. The summed E-state index contributed by atoms with van der Waals surface area (Å²) < 4.78 is 1.71. The molecule has 2 heterocycles. The van der Waals surface area contributed by atoms with Crippen molar-refractivity contribution in [1.29, 1.82) is 0 Å². The lowest BCUT2D eigenvalue weighted by Gasteiger charge is -2.01. The number of hydrogen-bond acceptors (Lipinski definition) is 4. The lowest BCUT2D eigenvalue weighted by atomic mass is 10.3. The molecule has 1 aromatic carbocycles. The lowest BCUT2D eigenvalue weighted by molar-refractivity contribution is 0.840. The summed E-state index contributed by atoms with van der Waals surface area (Å²) in [5.74, 6) is 0. The van der Waals surface area contributed by atoms with Gasteiger partial charge in [0.2, 0.25) is 5.65 Å². The van der Waals surface area contributed by atoms with Crippen LogP contribution in [0.2, 0.25) is 0 Å². The summed E-state index contributed by atoms with van der Waals surface area (Å²) in [5.41, 5.74) is 3.36. The van der Waals surface area contributed by atoms with Gasteiger partial charge < -0.3 is 0 Å². The van der Waals surface area contributed by atoms with Crippen molar-refractivity contribution in [2.45, 2.75) is 5.33 Å². The van der Waals surface area contributed by atoms with Gasteiger partial charge in [-0.2, -0.15) is 4.52 Å². The highest BCUT2D eigenvalue weighted by Gasteiger charge is 2.09. The normalized spacial score (nSPS) is 11.3. The van der Waals surface area contributed by atoms with Crippen LogP contribution in [0.5, 0.6) is 0 Å². The molecule has 0 spiro atoms. The van der Waals surface area contributed by atoms with E-state index >= 15 is 0 Å². The molecular weight excluding hydrogens is 258 g/mol. The standard InChI is InChI=1S/C9H6BrN5/c10-5-7-9-12-13-14-15(9)8-4-2-1-3-6(8)11-7/h1-4H,5H2. The molecule has 0 radical (unpaired) electrons. The number of nitrogens with zero attached hydrogens (tertiary/aromatic N) is 5. The molecule has 0 amide bonds. The van der Waals surface area contributed by atoms with Gasteiger partial charge in [-0.05, 0) is 22.6 Å². The number of alkyl halides is 1. The number of halogens is 1. The van der Waals surface area contributed by atoms with E-state index in [1.54, 1.807) is 4.52 Å². The smallest absolute Gasteiger partial charge is 0.202 e. The first kappa shape index (κ1) is 8.72. The summed E-state index contributed by atoms with van der Waals surface area (Å²) in [4.78, 5) is 4.48. The van der Waals surface area contributed by atoms with Gasteiger partial charge in [-0.3, -0.25) is 0 Å². The predicted molar refractivity (Wildman–Crippen MR) is 58.7 cm³/mol. The van der Waals surface area contributed by atoms with Gasteiger partial charge in [0.1, 0.15) is 0 Å². The Labute approximate surface area is 93.2 Å². The van der Waals surface area contributed by atoms with Crippen LogP contribution in [0.4, 0.5) is 0 Å². The van der Waals surface area contributed by atoms with Gasteiger partial charge in [-0.1, -0.05) is 28.1 Å². The minimum absolute atomic E-state index is 0.641. The Hall–Kier alpha value is -1.56. The first-order chi connectivity index (χ1) is 7.40. The Morgan fingerprint density at radius 3 is 3.00 bits per heavy atom. The van der Waals surface area contributed by atoms with Crippen molar-refractivity contribution >= 4 is 32.6 Å². The van der Waals surface area contributed by atoms with Crippen LogP contribution < -0.4 is 0 Å². The van der Waals surface area contributed by atoms with Crippen LogP contribution in [-0.2, 0) is 5.33 Å². The molecule has 0 bridgehead atoms. The Morgan fingerprint density at radius 2 is 2.13 bits per heavy atom. The minimum atomic E-state index is 0.641. The van der Waals surface area contributed by atoms with Crippen LogP contribution in [-0.4, -0.2) is 25.0 Å². The van der Waals surface area contributed by atoms with Crippen molar-refractivity contribution in [2.75, 3.05) is 0 Å². The van der Waals surface area contributed by atoms with Crippen LogP contribution in [0.25, 0.3) is 16.7 Å². The third-order valence-corrected chi connectivity index (χ3v) is 2.75. The maximum atomic E-state index is 4.48. The zero-order valence-corrected chi connectivity index (χ0v) is 9.22. The highest BCUT2D eigenvalue weighted by molar-refractivity contribution is 9.08. The Balaban J connectivity index is 2.57. The molecule has 0 aliphatic heterocycles. The first-order valence-corrected chi connectivity index (χ1v) is 5.54. The molecule has 3 aromatic rings. The molecule has 5 nitrogen and oxygen atoms in total. The maximum absolute atomic E-state index is 4.48. The van der Waals surface area contributed by atoms with E-state index in [4.69, 9.17) is 0 Å². The molecule has 0 saturated heterocycles. The first-order valence-electron chi connectivity index (χ1n) is 4.42. The van der Waals surface area contributed by atoms with Gasteiger partial charge in [0.05, 0.1) is 16.7 Å². The Morgan fingerprint density at radius 1 is 1.27 bits per heavy atom. The van der Waals surface area contributed by atoms with E-state index in [1.165, 1.54) is 0 Å². The van der Waals surface area contributed by atoms with Crippen LogP contribution in [0.1, 0.15) is 5.69 Å². The number of fused-ring (bicyclic) bond motifs is 3. The van der Waals surface area contributed by atoms with E-state index in [0.717, 1.165) is 16.7 Å². The molecule has 0 atom stereocenters. The Kier molecular flexibility index (Phi) is 1.88. The zero-order valence-electron chi connectivity index (χ0n) is 7.63. The van der Waals surface area contributed by atoms with E-state index in [1.807, 2.05) is 24.3 Å². The number of tetrazole rings is 1. The molecule has 0 aliphatic rings. The molecule has 6 heteroatoms. The quantitative estimate of drug-likeness (QED) is 0.626. The third kappa shape index (κ3) is 1.21. The number of para-hydroxylation sites is 2. The van der Waals surface area contributed by atoms with Gasteiger partial charge in [0.25, 0.3) is 0 Å². The summed E-state index contributed by atoms with van der Waals surface area (Å²) in [5, 5.41) is 12.2. The van der Waals surface area contributed by atoms with E-state index in [2.05, 4.69) is 36.4 Å². The summed E-state index contributed by atoms with van der Waals surface area (Å²) in [6, 6.07) is 7.79. The number of rotatable bonds is 1. The van der Waals surface area contributed by atoms with Crippen molar-refractivity contribution < 1.29 is 0 Å². The van der Waals surface area contributed by atoms with Crippen molar-refractivity contribution in [3.05, 3.63) is 30.0 Å². The van der Waals surface area contributed by atoms with Gasteiger partial charge in [0.15, 0.2) is 0 Å². The molecule has 15 heavy (non-hydrogen) atoms. The Bertz CT molecular complexity index is 633. The van der Waals surface area contributed by atoms with Crippen molar-refractivity contribution in [2.24, 2.45) is 0 Å². The van der Waals surface area contributed by atoms with Gasteiger partial charge in [-0.25, -0.2) is 4.98 Å². The fraction of sp³-hybridized carbons (Fsp3) is 0.111. The van der Waals surface area contributed by atoms with E-state index < -0.39 is 0 Å². The summed E-state index contributed by atoms with van der Waals surface area (Å²) in [7, 11) is 0. The monoisotopic (exact) mass is 263 g/mol. The molecule has 0 saturated carbocycles. The molecule has 0 fully saturated rings. The largest absolute Gasteiger partial charge is 0.246 e. The highest BCUT2D eigenvalue weighted by atomic mass is 79.9. The second-order valence-corrected chi connectivity index (χ2v) is 3.66. The number of hydrogen-bond donors (Lipinski definition) is 0. The summed E-state index contributed by atoms with van der Waals surface area (Å²) in [6.07, 6.45) is 0. The fourth-order valence-electron chi connectivity index (χ4n) is 1.55. The zero-order chi connectivity index (χ0) is 10.3. The molecule has 0 aliphatic carbocycles. The molecule has 2 aromatic heterocycles. The van der Waals surface area contributed by atoms with Crippen molar-refractivity contribution in [1.82, 2.24) is 25.0 Å². The molecular formula is C9H6BrN5. The van der Waals surface area contributed by atoms with Crippen LogP contribution in [0.3, 0.4) is 0 Å². The SMILES string of the molecule is BrCc1nc2ccccc2n2nnnc12. The van der Waals surface area contributed by atoms with Gasteiger partial charge in [0, 0.05) is 5.33 Å². The van der Waals surface area contributed by atoms with E-state index in [9.17, 15) is 0 Å². The molecule has 3 rings (SSSR count). The average molecular weight is 264 g/mol. The third-order valence-electron chi connectivity index (χ3n) is 2.22. The number of aromatic nitrogens is 5.